The van der Waals surface area contributed by atoms with Crippen molar-refractivity contribution in [2.75, 3.05) is 11.1 Å². The first-order valence-electron chi connectivity index (χ1n) is 4.83. The highest BCUT2D eigenvalue weighted by atomic mass is 19.1. The zero-order valence-electron chi connectivity index (χ0n) is 8.68. The Hall–Kier alpha value is -2.17. The molecule has 0 heterocycles. The van der Waals surface area contributed by atoms with Crippen molar-refractivity contribution in [3.8, 4) is 0 Å². The lowest BCUT2D eigenvalue weighted by molar-refractivity contribution is 0.584. The van der Waals surface area contributed by atoms with Gasteiger partial charge in [0.2, 0.25) is 0 Å². The Balaban J connectivity index is 2.31. The molecule has 0 spiro atoms. The molecule has 2 nitrogen and oxygen atoms in total. The Morgan fingerprint density at radius 2 is 1.47 bits per heavy atom. The molecule has 2 rings (SSSR count). The van der Waals surface area contributed by atoms with Crippen molar-refractivity contribution in [1.29, 1.82) is 0 Å². The maximum absolute atomic E-state index is 12.9. The SMILES string of the molecule is Nc1cc(F)ccc1Nc1cc(F)cc(F)c1. The van der Waals surface area contributed by atoms with Crippen LogP contribution in [0, 0.1) is 17.5 Å². The van der Waals surface area contributed by atoms with Crippen molar-refractivity contribution in [3.05, 3.63) is 53.8 Å². The molecule has 0 radical (unpaired) electrons. The molecule has 0 aliphatic carbocycles. The lowest BCUT2D eigenvalue weighted by Crippen LogP contribution is -1.97. The monoisotopic (exact) mass is 238 g/mol. The van der Waals surface area contributed by atoms with E-state index < -0.39 is 17.5 Å². The highest BCUT2D eigenvalue weighted by Crippen LogP contribution is 2.24. The molecular weight excluding hydrogens is 229 g/mol. The Morgan fingerprint density at radius 1 is 0.824 bits per heavy atom. The van der Waals surface area contributed by atoms with Crippen LogP contribution in [0.4, 0.5) is 30.2 Å². The first-order valence-corrected chi connectivity index (χ1v) is 4.83. The van der Waals surface area contributed by atoms with Gasteiger partial charge in [0.25, 0.3) is 0 Å². The van der Waals surface area contributed by atoms with Crippen LogP contribution >= 0.6 is 0 Å². The molecular formula is C12H9F3N2. The molecule has 0 saturated carbocycles. The topological polar surface area (TPSA) is 38.0 Å². The largest absolute Gasteiger partial charge is 0.397 e. The minimum absolute atomic E-state index is 0.162. The lowest BCUT2D eigenvalue weighted by Gasteiger charge is -2.09. The van der Waals surface area contributed by atoms with Crippen LogP contribution in [0.15, 0.2) is 36.4 Å². The molecule has 0 saturated heterocycles. The summed E-state index contributed by atoms with van der Waals surface area (Å²) in [5, 5.41) is 2.71. The van der Waals surface area contributed by atoms with E-state index in [0.29, 0.717) is 5.69 Å². The summed E-state index contributed by atoms with van der Waals surface area (Å²) in [6, 6.07) is 6.72. The molecule has 0 aromatic heterocycles. The van der Waals surface area contributed by atoms with Gasteiger partial charge >= 0.3 is 0 Å². The lowest BCUT2D eigenvalue weighted by atomic mass is 10.2. The van der Waals surface area contributed by atoms with Gasteiger partial charge in [0.1, 0.15) is 17.5 Å². The smallest absolute Gasteiger partial charge is 0.128 e. The van der Waals surface area contributed by atoms with Gasteiger partial charge in [-0.3, -0.25) is 0 Å². The number of hydrogen-bond acceptors (Lipinski definition) is 2. The van der Waals surface area contributed by atoms with Crippen LogP contribution in [0.1, 0.15) is 0 Å². The van der Waals surface area contributed by atoms with Crippen LogP contribution in [-0.2, 0) is 0 Å². The van der Waals surface area contributed by atoms with Gasteiger partial charge in [-0.15, -0.1) is 0 Å². The summed E-state index contributed by atoms with van der Waals surface area (Å²) < 4.78 is 38.6. The first kappa shape index (κ1) is 11.3. The summed E-state index contributed by atoms with van der Waals surface area (Å²) in [6.45, 7) is 0. The van der Waals surface area contributed by atoms with Crippen molar-refractivity contribution in [3.63, 3.8) is 0 Å². The summed E-state index contributed by atoms with van der Waals surface area (Å²) in [7, 11) is 0. The molecule has 0 bridgehead atoms. The predicted molar refractivity (Wildman–Crippen MR) is 60.5 cm³/mol. The second-order valence-corrected chi connectivity index (χ2v) is 3.51. The van der Waals surface area contributed by atoms with Crippen molar-refractivity contribution < 1.29 is 13.2 Å². The third-order valence-electron chi connectivity index (χ3n) is 2.16. The number of nitrogen functional groups attached to an aromatic ring is 1. The summed E-state index contributed by atoms with van der Waals surface area (Å²) in [6.07, 6.45) is 0. The zero-order chi connectivity index (χ0) is 12.4. The normalized spacial score (nSPS) is 10.3. The minimum Gasteiger partial charge on any atom is -0.397 e. The average molecular weight is 238 g/mol. The van der Waals surface area contributed by atoms with Gasteiger partial charge in [0.15, 0.2) is 0 Å². The summed E-state index contributed by atoms with van der Waals surface area (Å²) in [5.74, 6) is -1.88. The summed E-state index contributed by atoms with van der Waals surface area (Å²) in [5.41, 5.74) is 6.31. The van der Waals surface area contributed by atoms with Crippen LogP contribution < -0.4 is 11.1 Å². The third-order valence-corrected chi connectivity index (χ3v) is 2.16. The highest BCUT2D eigenvalue weighted by molar-refractivity contribution is 5.72. The number of nitrogens with two attached hydrogens (primary N) is 1. The molecule has 2 aromatic rings. The highest BCUT2D eigenvalue weighted by Gasteiger charge is 2.04. The van der Waals surface area contributed by atoms with Crippen molar-refractivity contribution in [2.45, 2.75) is 0 Å². The Morgan fingerprint density at radius 3 is 2.06 bits per heavy atom. The number of halogens is 3. The van der Waals surface area contributed by atoms with Crippen LogP contribution in [0.5, 0.6) is 0 Å². The van der Waals surface area contributed by atoms with Crippen LogP contribution in [0.25, 0.3) is 0 Å². The third kappa shape index (κ3) is 2.69. The maximum Gasteiger partial charge on any atom is 0.128 e. The Kier molecular flexibility index (Phi) is 2.91. The number of anilines is 3. The van der Waals surface area contributed by atoms with Crippen LogP contribution in [-0.4, -0.2) is 0 Å². The van der Waals surface area contributed by atoms with Gasteiger partial charge in [-0.1, -0.05) is 0 Å². The van der Waals surface area contributed by atoms with E-state index >= 15 is 0 Å². The molecule has 3 N–H and O–H groups in total. The van der Waals surface area contributed by atoms with E-state index in [-0.39, 0.29) is 11.4 Å². The van der Waals surface area contributed by atoms with Gasteiger partial charge in [0, 0.05) is 11.8 Å². The molecule has 0 aliphatic rings. The van der Waals surface area contributed by atoms with E-state index in [1.165, 1.54) is 12.1 Å². The second kappa shape index (κ2) is 4.37. The van der Waals surface area contributed by atoms with Gasteiger partial charge < -0.3 is 11.1 Å². The summed E-state index contributed by atoms with van der Waals surface area (Å²) >= 11 is 0. The second-order valence-electron chi connectivity index (χ2n) is 3.51. The molecule has 0 atom stereocenters. The molecule has 0 amide bonds. The molecule has 0 fully saturated rings. The van der Waals surface area contributed by atoms with E-state index in [1.54, 1.807) is 0 Å². The molecule has 2 aromatic carbocycles. The molecule has 0 unspecified atom stereocenters. The van der Waals surface area contributed by atoms with Gasteiger partial charge in [0.05, 0.1) is 11.4 Å². The number of nitrogens with one attached hydrogen (secondary N) is 1. The fraction of sp³-hybridized carbons (Fsp3) is 0. The number of benzene rings is 2. The molecule has 17 heavy (non-hydrogen) atoms. The van der Waals surface area contributed by atoms with Crippen molar-refractivity contribution in [2.24, 2.45) is 0 Å². The van der Waals surface area contributed by atoms with Gasteiger partial charge in [-0.05, 0) is 30.3 Å². The maximum atomic E-state index is 12.9. The van der Waals surface area contributed by atoms with E-state index in [0.717, 1.165) is 24.3 Å². The molecule has 5 heteroatoms. The first-order chi connectivity index (χ1) is 8.04. The average Bonchev–Trinajstić information content (AvgIpc) is 2.21. The van der Waals surface area contributed by atoms with Crippen LogP contribution in [0.2, 0.25) is 0 Å². The standard InChI is InChI=1S/C12H9F3N2/c13-7-1-2-12(11(16)6-7)17-10-4-8(14)3-9(15)5-10/h1-6,17H,16H2. The molecule has 0 aliphatic heterocycles. The van der Waals surface area contributed by atoms with E-state index in [4.69, 9.17) is 5.73 Å². The Bertz CT molecular complexity index is 535. The fourth-order valence-corrected chi connectivity index (χ4v) is 1.43. The minimum atomic E-state index is -0.701. The van der Waals surface area contributed by atoms with E-state index in [1.807, 2.05) is 0 Å². The quantitative estimate of drug-likeness (QED) is 0.786. The van der Waals surface area contributed by atoms with Crippen molar-refractivity contribution >= 4 is 17.1 Å². The van der Waals surface area contributed by atoms with Gasteiger partial charge in [-0.25, -0.2) is 13.2 Å². The number of rotatable bonds is 2. The van der Waals surface area contributed by atoms with Crippen molar-refractivity contribution in [1.82, 2.24) is 0 Å². The Labute approximate surface area is 95.9 Å². The zero-order valence-corrected chi connectivity index (χ0v) is 8.68. The predicted octanol–water partition coefficient (Wildman–Crippen LogP) is 3.43. The van der Waals surface area contributed by atoms with Gasteiger partial charge in [-0.2, -0.15) is 0 Å². The fourth-order valence-electron chi connectivity index (χ4n) is 1.43. The number of hydrogen-bond donors (Lipinski definition) is 2. The van der Waals surface area contributed by atoms with E-state index in [9.17, 15) is 13.2 Å². The summed E-state index contributed by atoms with van der Waals surface area (Å²) in [4.78, 5) is 0. The molecule has 88 valence electrons. The van der Waals surface area contributed by atoms with E-state index in [2.05, 4.69) is 5.32 Å². The van der Waals surface area contributed by atoms with Crippen LogP contribution in [0.3, 0.4) is 0 Å².